The summed E-state index contributed by atoms with van der Waals surface area (Å²) in [6.45, 7) is 4.28. The minimum Gasteiger partial charge on any atom is -0.488 e. The van der Waals surface area contributed by atoms with Crippen molar-refractivity contribution in [3.05, 3.63) is 121 Å². The summed E-state index contributed by atoms with van der Waals surface area (Å²) in [7, 11) is 0. The third-order valence-corrected chi connectivity index (χ3v) is 7.15. The van der Waals surface area contributed by atoms with Gasteiger partial charge in [-0.1, -0.05) is 60.1 Å². The number of rotatable bonds is 8. The molecular formula is C30H25BrN4O4. The van der Waals surface area contributed by atoms with E-state index in [9.17, 15) is 14.9 Å². The number of benzene rings is 4. The maximum Gasteiger partial charge on any atom is 0.282 e. The SMILES string of the molecule is CC[C@@H](C)c1nc2ccc(Br)cc2c(=O)n1N=Cc1c(OCc2ccc([N+](=O)[O-])cc2)ccc2ccccc12. The Morgan fingerprint density at radius 2 is 1.85 bits per heavy atom. The zero-order valence-electron chi connectivity index (χ0n) is 21.4. The van der Waals surface area contributed by atoms with Crippen LogP contribution in [0.4, 0.5) is 5.69 Å². The second kappa shape index (κ2) is 11.2. The number of hydrogen-bond donors (Lipinski definition) is 0. The van der Waals surface area contributed by atoms with Gasteiger partial charge in [-0.15, -0.1) is 0 Å². The summed E-state index contributed by atoms with van der Waals surface area (Å²) >= 11 is 3.45. The molecular weight excluding hydrogens is 560 g/mol. The van der Waals surface area contributed by atoms with Crippen LogP contribution in [0.3, 0.4) is 0 Å². The van der Waals surface area contributed by atoms with Crippen LogP contribution in [0.1, 0.15) is 43.1 Å². The van der Waals surface area contributed by atoms with Gasteiger partial charge in [0.25, 0.3) is 11.2 Å². The molecule has 0 saturated heterocycles. The number of nitro benzene ring substituents is 1. The van der Waals surface area contributed by atoms with Crippen molar-refractivity contribution in [2.24, 2.45) is 5.10 Å². The molecule has 5 rings (SSSR count). The molecule has 0 unspecified atom stereocenters. The molecule has 0 bridgehead atoms. The van der Waals surface area contributed by atoms with Crippen LogP contribution in [0.25, 0.3) is 21.7 Å². The molecule has 0 amide bonds. The minimum absolute atomic E-state index is 0.00766. The first-order chi connectivity index (χ1) is 18.9. The predicted molar refractivity (Wildman–Crippen MR) is 157 cm³/mol. The van der Waals surface area contributed by atoms with Crippen molar-refractivity contribution in [1.29, 1.82) is 0 Å². The quantitative estimate of drug-likeness (QED) is 0.109. The first-order valence-corrected chi connectivity index (χ1v) is 13.3. The predicted octanol–water partition coefficient (Wildman–Crippen LogP) is 7.20. The largest absolute Gasteiger partial charge is 0.488 e. The molecule has 8 nitrogen and oxygen atoms in total. The van der Waals surface area contributed by atoms with Gasteiger partial charge < -0.3 is 4.74 Å². The number of nitrogens with zero attached hydrogens (tertiary/aromatic N) is 4. The number of halogens is 1. The van der Waals surface area contributed by atoms with Crippen molar-refractivity contribution in [2.75, 3.05) is 0 Å². The molecule has 0 radical (unpaired) electrons. The van der Waals surface area contributed by atoms with Crippen molar-refractivity contribution in [2.45, 2.75) is 32.8 Å². The van der Waals surface area contributed by atoms with Crippen LogP contribution in [-0.4, -0.2) is 20.8 Å². The van der Waals surface area contributed by atoms with Gasteiger partial charge in [-0.3, -0.25) is 14.9 Å². The van der Waals surface area contributed by atoms with E-state index >= 15 is 0 Å². The molecule has 0 aliphatic rings. The van der Waals surface area contributed by atoms with Gasteiger partial charge in [0, 0.05) is 28.1 Å². The summed E-state index contributed by atoms with van der Waals surface area (Å²) in [5.74, 6) is 1.17. The maximum absolute atomic E-state index is 13.6. The van der Waals surface area contributed by atoms with Crippen LogP contribution in [0.15, 0.2) is 93.2 Å². The lowest BCUT2D eigenvalue weighted by Gasteiger charge is -2.15. The standard InChI is InChI=1S/C30H25BrN4O4/c1-3-19(2)29-33-27-14-11-22(31)16-25(27)30(36)34(29)32-17-26-24-7-5-4-6-21(24)10-15-28(26)39-18-20-8-12-23(13-9-20)35(37)38/h4-17,19H,3,18H2,1-2H3/t19-/m1/s1. The van der Waals surface area contributed by atoms with E-state index in [2.05, 4.69) is 21.0 Å². The maximum atomic E-state index is 13.6. The molecule has 0 aliphatic heterocycles. The van der Waals surface area contributed by atoms with E-state index in [1.165, 1.54) is 16.8 Å². The normalized spacial score (nSPS) is 12.3. The number of non-ortho nitro benzene ring substituents is 1. The molecule has 4 aromatic carbocycles. The molecule has 1 heterocycles. The van der Waals surface area contributed by atoms with Gasteiger partial charge in [-0.05, 0) is 59.2 Å². The Labute approximate surface area is 232 Å². The van der Waals surface area contributed by atoms with E-state index in [0.717, 1.165) is 27.2 Å². The van der Waals surface area contributed by atoms with Crippen LogP contribution < -0.4 is 10.3 Å². The lowest BCUT2D eigenvalue weighted by molar-refractivity contribution is -0.384. The third kappa shape index (κ3) is 5.44. The van der Waals surface area contributed by atoms with Gasteiger partial charge in [0.2, 0.25) is 0 Å². The molecule has 0 N–H and O–H groups in total. The number of aromatic nitrogens is 2. The van der Waals surface area contributed by atoms with Gasteiger partial charge in [0.05, 0.1) is 22.0 Å². The van der Waals surface area contributed by atoms with Crippen molar-refractivity contribution in [3.63, 3.8) is 0 Å². The third-order valence-electron chi connectivity index (χ3n) is 6.66. The van der Waals surface area contributed by atoms with E-state index in [1.54, 1.807) is 24.4 Å². The fourth-order valence-corrected chi connectivity index (χ4v) is 4.67. The average molecular weight is 585 g/mol. The second-order valence-corrected chi connectivity index (χ2v) is 10.1. The lowest BCUT2D eigenvalue weighted by Crippen LogP contribution is -2.23. The first-order valence-electron chi connectivity index (χ1n) is 12.5. The highest BCUT2D eigenvalue weighted by molar-refractivity contribution is 9.10. The molecule has 5 aromatic rings. The van der Waals surface area contributed by atoms with Gasteiger partial charge in [0.15, 0.2) is 0 Å². The van der Waals surface area contributed by atoms with Gasteiger partial charge >= 0.3 is 0 Å². The van der Waals surface area contributed by atoms with Crippen LogP contribution >= 0.6 is 15.9 Å². The fourth-order valence-electron chi connectivity index (χ4n) is 4.30. The molecule has 0 spiro atoms. The Morgan fingerprint density at radius 3 is 2.59 bits per heavy atom. The van der Waals surface area contributed by atoms with Crippen molar-refractivity contribution < 1.29 is 9.66 Å². The molecule has 0 fully saturated rings. The van der Waals surface area contributed by atoms with Crippen LogP contribution in [0.5, 0.6) is 5.75 Å². The monoisotopic (exact) mass is 584 g/mol. The summed E-state index contributed by atoms with van der Waals surface area (Å²) in [6, 6.07) is 23.4. The molecule has 196 valence electrons. The summed E-state index contributed by atoms with van der Waals surface area (Å²) < 4.78 is 8.33. The smallest absolute Gasteiger partial charge is 0.282 e. The summed E-state index contributed by atoms with van der Waals surface area (Å²) in [4.78, 5) is 28.9. The highest BCUT2D eigenvalue weighted by atomic mass is 79.9. The highest BCUT2D eigenvalue weighted by Crippen LogP contribution is 2.28. The molecule has 0 saturated carbocycles. The number of fused-ring (bicyclic) bond motifs is 2. The van der Waals surface area contributed by atoms with Crippen LogP contribution in [0, 0.1) is 10.1 Å². The summed E-state index contributed by atoms with van der Waals surface area (Å²) in [6.07, 6.45) is 2.44. The number of ether oxygens (including phenoxy) is 1. The van der Waals surface area contributed by atoms with E-state index < -0.39 is 4.92 Å². The second-order valence-electron chi connectivity index (χ2n) is 9.21. The Kier molecular flexibility index (Phi) is 7.51. The lowest BCUT2D eigenvalue weighted by atomic mass is 10.0. The molecule has 1 atom stereocenters. The topological polar surface area (TPSA) is 99.6 Å². The summed E-state index contributed by atoms with van der Waals surface area (Å²) in [5, 5.41) is 18.0. The van der Waals surface area contributed by atoms with Crippen molar-refractivity contribution >= 4 is 49.5 Å². The van der Waals surface area contributed by atoms with Gasteiger partial charge in [0.1, 0.15) is 18.2 Å². The average Bonchev–Trinajstić information content (AvgIpc) is 2.95. The van der Waals surface area contributed by atoms with Crippen molar-refractivity contribution in [3.8, 4) is 5.75 Å². The Balaban J connectivity index is 1.59. The van der Waals surface area contributed by atoms with E-state index in [0.29, 0.717) is 28.0 Å². The van der Waals surface area contributed by atoms with Crippen LogP contribution in [0.2, 0.25) is 0 Å². The molecule has 39 heavy (non-hydrogen) atoms. The van der Waals surface area contributed by atoms with E-state index in [1.807, 2.05) is 62.4 Å². The Morgan fingerprint density at radius 1 is 1.08 bits per heavy atom. The molecule has 1 aromatic heterocycles. The number of nitro groups is 1. The molecule has 0 aliphatic carbocycles. The highest BCUT2D eigenvalue weighted by Gasteiger charge is 2.16. The Bertz CT molecular complexity index is 1780. The van der Waals surface area contributed by atoms with Gasteiger partial charge in [-0.25, -0.2) is 4.98 Å². The van der Waals surface area contributed by atoms with E-state index in [-0.39, 0.29) is 23.8 Å². The minimum atomic E-state index is -0.432. The fraction of sp³-hybridized carbons (Fsp3) is 0.167. The van der Waals surface area contributed by atoms with Gasteiger partial charge in [-0.2, -0.15) is 9.78 Å². The Hall–Kier alpha value is -4.37. The molecule has 9 heteroatoms. The number of hydrogen-bond acceptors (Lipinski definition) is 6. The van der Waals surface area contributed by atoms with Crippen LogP contribution in [-0.2, 0) is 6.61 Å². The first kappa shape index (κ1) is 26.2. The van der Waals surface area contributed by atoms with Crippen molar-refractivity contribution in [1.82, 2.24) is 9.66 Å². The zero-order chi connectivity index (χ0) is 27.5. The van der Waals surface area contributed by atoms with E-state index in [4.69, 9.17) is 9.72 Å². The summed E-state index contributed by atoms with van der Waals surface area (Å²) in [5.41, 5.74) is 1.90. The zero-order valence-corrected chi connectivity index (χ0v) is 23.0.